The van der Waals surface area contributed by atoms with E-state index in [-0.39, 0.29) is 47.2 Å². The first kappa shape index (κ1) is 61.0. The van der Waals surface area contributed by atoms with E-state index in [1.807, 2.05) is 103 Å². The Kier molecular flexibility index (Phi) is 20.6. The second-order valence-corrected chi connectivity index (χ2v) is 23.6. The van der Waals surface area contributed by atoms with Gasteiger partial charge in [-0.05, 0) is 132 Å². The van der Waals surface area contributed by atoms with Crippen molar-refractivity contribution in [1.29, 1.82) is 5.26 Å². The third kappa shape index (κ3) is 13.4. The van der Waals surface area contributed by atoms with Crippen LogP contribution in [-0.4, -0.2) is 126 Å². The van der Waals surface area contributed by atoms with Crippen LogP contribution in [0.4, 0.5) is 5.69 Å². The van der Waals surface area contributed by atoms with Crippen molar-refractivity contribution < 1.29 is 57.8 Å². The van der Waals surface area contributed by atoms with Gasteiger partial charge in [0.1, 0.15) is 17.4 Å². The summed E-state index contributed by atoms with van der Waals surface area (Å²) >= 11 is 0. The number of hydrogen-bond acceptors (Lipinski definition) is 14. The number of aliphatic hydroxyl groups is 2. The van der Waals surface area contributed by atoms with E-state index in [1.54, 1.807) is 13.0 Å². The molecule has 0 aliphatic carbocycles. The summed E-state index contributed by atoms with van der Waals surface area (Å²) in [5.41, 5.74) is 0.0535. The third-order valence-corrected chi connectivity index (χ3v) is 18.0. The van der Waals surface area contributed by atoms with Crippen molar-refractivity contribution >= 4 is 35.3 Å². The van der Waals surface area contributed by atoms with Crippen molar-refractivity contribution in [3.05, 3.63) is 47.6 Å². The van der Waals surface area contributed by atoms with Gasteiger partial charge in [0.2, 0.25) is 11.7 Å². The van der Waals surface area contributed by atoms with Crippen LogP contribution in [0, 0.1) is 52.8 Å². The number of carbonyl (C=O) groups excluding carboxylic acids is 4. The molecule has 1 aromatic carbocycles. The molecule has 16 heteroatoms. The lowest BCUT2D eigenvalue weighted by atomic mass is 9.72. The topological polar surface area (TPSA) is 215 Å². The summed E-state index contributed by atoms with van der Waals surface area (Å²) in [5.74, 6) is -6.14. The molecule has 5 aliphatic heterocycles. The van der Waals surface area contributed by atoms with Crippen LogP contribution in [0.1, 0.15) is 159 Å². The summed E-state index contributed by atoms with van der Waals surface area (Å²) in [6.07, 6.45) is 8.34. The van der Waals surface area contributed by atoms with Crippen molar-refractivity contribution in [2.45, 2.75) is 219 Å². The minimum Gasteiger partial charge on any atom is -0.453 e. The van der Waals surface area contributed by atoms with Crippen molar-refractivity contribution in [2.75, 3.05) is 32.1 Å². The van der Waals surface area contributed by atoms with Crippen LogP contribution in [-0.2, 0) is 47.6 Å². The highest BCUT2D eigenvalue weighted by Crippen LogP contribution is 2.55. The number of carbonyl (C=O) groups is 4. The molecule has 4 saturated heterocycles. The molecule has 6 rings (SSSR count). The highest BCUT2D eigenvalue weighted by Gasteiger charge is 2.64. The van der Waals surface area contributed by atoms with E-state index in [2.05, 4.69) is 31.4 Å². The maximum Gasteiger partial charge on any atom is 0.303 e. The zero-order chi connectivity index (χ0) is 55.9. The molecule has 76 heavy (non-hydrogen) atoms. The Morgan fingerprint density at radius 3 is 2.17 bits per heavy atom. The first-order valence-corrected chi connectivity index (χ1v) is 28.6. The van der Waals surface area contributed by atoms with E-state index < -0.39 is 88.8 Å². The normalized spacial score (nSPS) is 35.6. The number of aliphatic hydroxyl groups excluding tert-OH is 1. The van der Waals surface area contributed by atoms with Gasteiger partial charge in [-0.15, -0.1) is 0 Å². The quantitative estimate of drug-likeness (QED) is 0.0299. The summed E-state index contributed by atoms with van der Waals surface area (Å²) in [4.78, 5) is 55.9. The van der Waals surface area contributed by atoms with E-state index in [9.17, 15) is 34.7 Å². The van der Waals surface area contributed by atoms with Gasteiger partial charge in [-0.2, -0.15) is 5.26 Å². The number of ketones is 1. The van der Waals surface area contributed by atoms with Gasteiger partial charge in [-0.1, -0.05) is 67.5 Å². The van der Waals surface area contributed by atoms with Gasteiger partial charge >= 0.3 is 5.97 Å². The lowest BCUT2D eigenvalue weighted by Gasteiger charge is -2.54. The molecule has 5 heterocycles. The van der Waals surface area contributed by atoms with Crippen LogP contribution < -0.4 is 15.5 Å². The van der Waals surface area contributed by atoms with Gasteiger partial charge in [0, 0.05) is 69.9 Å². The van der Waals surface area contributed by atoms with Crippen molar-refractivity contribution in [1.82, 2.24) is 10.6 Å². The van der Waals surface area contributed by atoms with Crippen LogP contribution in [0.3, 0.4) is 0 Å². The number of esters is 1. The van der Waals surface area contributed by atoms with Crippen LogP contribution in [0.5, 0.6) is 0 Å². The minimum atomic E-state index is -1.40. The number of unbranched alkanes of at least 4 members (excludes halogenated alkanes) is 1. The van der Waals surface area contributed by atoms with E-state index in [0.717, 1.165) is 17.7 Å². The van der Waals surface area contributed by atoms with Gasteiger partial charge in [0.05, 0.1) is 53.7 Å². The smallest absolute Gasteiger partial charge is 0.303 e. The first-order valence-electron chi connectivity index (χ1n) is 28.6. The maximum atomic E-state index is 14.9. The molecule has 0 radical (unpaired) electrons. The molecular formula is C60H92N4O12. The maximum absolute atomic E-state index is 14.9. The molecule has 0 bridgehead atoms. The number of ether oxygens (including phenoxy) is 6. The second kappa shape index (κ2) is 25.7. The molecule has 0 saturated carbocycles. The number of nitrogens with zero attached hydrogens (tertiary/aromatic N) is 2. The molecule has 424 valence electrons. The van der Waals surface area contributed by atoms with Gasteiger partial charge in [0.15, 0.2) is 11.9 Å². The summed E-state index contributed by atoms with van der Waals surface area (Å²) in [7, 11) is 3.89. The molecule has 4 fully saturated rings. The van der Waals surface area contributed by atoms with Crippen LogP contribution >= 0.6 is 0 Å². The Morgan fingerprint density at radius 2 is 1.57 bits per heavy atom. The molecule has 5 aliphatic rings. The number of rotatable bonds is 21. The first-order chi connectivity index (χ1) is 35.9. The number of nitriles is 1. The molecule has 4 N–H and O–H groups in total. The highest BCUT2D eigenvalue weighted by atomic mass is 16.8. The fraction of sp³-hybridized carbons (Fsp3) is 0.750. The number of Topliss-reactive ketones (excluding diaryl/α,β-unsaturated/α-hetero) is 1. The van der Waals surface area contributed by atoms with Gasteiger partial charge in [0.25, 0.3) is 5.91 Å². The zero-order valence-corrected chi connectivity index (χ0v) is 47.9. The Balaban J connectivity index is 1.05. The molecule has 0 aromatic heterocycles. The van der Waals surface area contributed by atoms with E-state index in [0.29, 0.717) is 83.7 Å². The highest BCUT2D eigenvalue weighted by molar-refractivity contribution is 6.01. The molecule has 16 nitrogen and oxygen atoms in total. The Hall–Kier alpha value is -4.21. The Labute approximate surface area is 453 Å². The summed E-state index contributed by atoms with van der Waals surface area (Å²) in [6.45, 7) is 21.9. The average molecular weight is 1060 g/mol. The van der Waals surface area contributed by atoms with E-state index in [4.69, 9.17) is 28.4 Å². The number of amides is 2. The lowest BCUT2D eigenvalue weighted by molar-refractivity contribution is -0.409. The average Bonchev–Trinajstić information content (AvgIpc) is 3.73. The third-order valence-electron chi connectivity index (χ3n) is 18.0. The summed E-state index contributed by atoms with van der Waals surface area (Å²) < 4.78 is 40.5. The molecule has 18 atom stereocenters. The fourth-order valence-electron chi connectivity index (χ4n) is 12.9. The van der Waals surface area contributed by atoms with E-state index in [1.165, 1.54) is 6.92 Å². The van der Waals surface area contributed by atoms with Crippen LogP contribution in [0.15, 0.2) is 42.0 Å². The van der Waals surface area contributed by atoms with Crippen LogP contribution in [0.2, 0.25) is 0 Å². The van der Waals surface area contributed by atoms with Crippen molar-refractivity contribution in [3.8, 4) is 6.07 Å². The van der Waals surface area contributed by atoms with Gasteiger partial charge in [-0.3, -0.25) is 19.2 Å². The largest absolute Gasteiger partial charge is 0.453 e. The van der Waals surface area contributed by atoms with E-state index >= 15 is 0 Å². The molecular weight excluding hydrogens is 969 g/mol. The van der Waals surface area contributed by atoms with Gasteiger partial charge < -0.3 is 54.2 Å². The minimum absolute atomic E-state index is 0.0223. The number of anilines is 1. The Morgan fingerprint density at radius 1 is 0.895 bits per heavy atom. The van der Waals surface area contributed by atoms with Crippen molar-refractivity contribution in [3.63, 3.8) is 0 Å². The van der Waals surface area contributed by atoms with Gasteiger partial charge in [-0.25, -0.2) is 0 Å². The molecule has 1 unspecified atom stereocenters. The fourth-order valence-corrected chi connectivity index (χ4v) is 12.9. The number of benzene rings is 1. The summed E-state index contributed by atoms with van der Waals surface area (Å²) in [6, 6.07) is 9.57. The molecule has 2 spiro atoms. The molecule has 2 amide bonds. The monoisotopic (exact) mass is 1060 g/mol. The van der Waals surface area contributed by atoms with Crippen LogP contribution in [0.25, 0.3) is 6.08 Å². The number of hydrogen-bond donors (Lipinski definition) is 4. The summed E-state index contributed by atoms with van der Waals surface area (Å²) in [5, 5.41) is 38.9. The zero-order valence-electron chi connectivity index (χ0n) is 47.9. The second-order valence-electron chi connectivity index (χ2n) is 23.6. The SMILES string of the molecule is CCC(C(=O)NCCCCNC(=O)/C(C#N)=C/c1ccc(N(C)C)cc1)[C@H]1CC[C@H](C)[C@H]([C@@H](C)[C@H](O)[C@H](C)C(=O)[C@H](CC)[C@H]2O[C@]3(C=C[C@@H](OC(C)=O)[C@]4(CC[C@@](C)([C@H]5CC[C@](O)(CC)[C@H](C)O5)O4)O3)[C@H](C)C[C@@H]2C)O1. The standard InChI is InChI=1S/C60H92N4O12/c1-14-46(56(69)63-32-18-17-31-62-55(68)44(35-61)34-43-20-22-45(23-21-43)64(12)13)48-24-19-36(4)53(73-48)40(8)51(66)39(7)52(67)47(15-2)54-37(5)33-38(6)59(74-54)28-26-50(72-42(10)65)60(76-59)30-29-57(11,75-60)49-25-27-58(70,16-3)41(9)71-49/h20-23,26,28,34,36-41,46-51,53-54,66,70H,14-19,24-25,27,29-33H2,1-13H3,(H,62,68)(H,63,69)/b44-34+/t36-,37-,38+,39-,40-,41-,46?,47-,48+,49+,50+,51+,53+,54-,57-,58+,59-,60-/m0/s1. The Bertz CT molecular complexity index is 2270. The predicted molar refractivity (Wildman–Crippen MR) is 290 cm³/mol. The predicted octanol–water partition coefficient (Wildman–Crippen LogP) is 8.36. The molecule has 1 aromatic rings. The lowest BCUT2D eigenvalue weighted by Crippen LogP contribution is -2.63. The number of nitrogens with one attached hydrogen (secondary N) is 2. The van der Waals surface area contributed by atoms with Crippen molar-refractivity contribution in [2.24, 2.45) is 41.4 Å².